The SMILES string of the molecule is CCOc1cccc(C(N)c2cccc(C)c2)c1. The van der Waals surface area contributed by atoms with Crippen LogP contribution in [-0.2, 0) is 0 Å². The van der Waals surface area contributed by atoms with E-state index in [9.17, 15) is 0 Å². The molecule has 0 aliphatic carbocycles. The summed E-state index contributed by atoms with van der Waals surface area (Å²) in [7, 11) is 0. The highest BCUT2D eigenvalue weighted by molar-refractivity contribution is 5.37. The summed E-state index contributed by atoms with van der Waals surface area (Å²) >= 11 is 0. The van der Waals surface area contributed by atoms with Crippen LogP contribution in [0.25, 0.3) is 0 Å². The molecule has 0 saturated carbocycles. The van der Waals surface area contributed by atoms with E-state index in [-0.39, 0.29) is 6.04 Å². The van der Waals surface area contributed by atoms with Crippen molar-refractivity contribution in [1.82, 2.24) is 0 Å². The molecule has 0 spiro atoms. The Hall–Kier alpha value is -1.80. The largest absolute Gasteiger partial charge is 0.494 e. The Kier molecular flexibility index (Phi) is 4.00. The standard InChI is InChI=1S/C16H19NO/c1-3-18-15-9-5-8-14(11-15)16(17)13-7-4-6-12(2)10-13/h4-11,16H,3,17H2,1-2H3. The summed E-state index contributed by atoms with van der Waals surface area (Å²) in [6.07, 6.45) is 0. The molecule has 0 aliphatic rings. The molecule has 0 bridgehead atoms. The van der Waals surface area contributed by atoms with Crippen LogP contribution in [0.15, 0.2) is 48.5 Å². The van der Waals surface area contributed by atoms with Crippen LogP contribution < -0.4 is 10.5 Å². The summed E-state index contributed by atoms with van der Waals surface area (Å²) in [5.74, 6) is 0.873. The van der Waals surface area contributed by atoms with Crippen molar-refractivity contribution >= 4 is 0 Å². The molecule has 0 heterocycles. The summed E-state index contributed by atoms with van der Waals surface area (Å²) < 4.78 is 5.50. The van der Waals surface area contributed by atoms with Gasteiger partial charge in [-0.3, -0.25) is 0 Å². The molecule has 0 amide bonds. The molecule has 2 aromatic rings. The van der Waals surface area contributed by atoms with Gasteiger partial charge in [0.25, 0.3) is 0 Å². The topological polar surface area (TPSA) is 35.2 Å². The molecular weight excluding hydrogens is 222 g/mol. The maximum absolute atomic E-state index is 6.29. The smallest absolute Gasteiger partial charge is 0.119 e. The summed E-state index contributed by atoms with van der Waals surface area (Å²) in [6, 6.07) is 16.2. The van der Waals surface area contributed by atoms with Crippen LogP contribution in [0.5, 0.6) is 5.75 Å². The quantitative estimate of drug-likeness (QED) is 0.890. The van der Waals surface area contributed by atoms with Crippen LogP contribution in [0.4, 0.5) is 0 Å². The van der Waals surface area contributed by atoms with E-state index in [0.29, 0.717) is 6.61 Å². The molecule has 2 nitrogen and oxygen atoms in total. The average Bonchev–Trinajstić information content (AvgIpc) is 2.39. The summed E-state index contributed by atoms with van der Waals surface area (Å²) in [5, 5.41) is 0. The van der Waals surface area contributed by atoms with Crippen molar-refractivity contribution in [3.8, 4) is 5.75 Å². The fourth-order valence-corrected chi connectivity index (χ4v) is 2.02. The second-order valence-electron chi connectivity index (χ2n) is 4.40. The van der Waals surface area contributed by atoms with Crippen molar-refractivity contribution in [3.63, 3.8) is 0 Å². The highest BCUT2D eigenvalue weighted by Crippen LogP contribution is 2.23. The maximum atomic E-state index is 6.29. The monoisotopic (exact) mass is 241 g/mol. The first-order chi connectivity index (χ1) is 8.70. The van der Waals surface area contributed by atoms with Gasteiger partial charge in [0.05, 0.1) is 12.6 Å². The summed E-state index contributed by atoms with van der Waals surface area (Å²) in [4.78, 5) is 0. The first kappa shape index (κ1) is 12.7. The highest BCUT2D eigenvalue weighted by Gasteiger charge is 2.09. The van der Waals surface area contributed by atoms with Gasteiger partial charge in [-0.05, 0) is 37.1 Å². The molecule has 18 heavy (non-hydrogen) atoms. The molecule has 94 valence electrons. The Labute approximate surface area is 108 Å². The summed E-state index contributed by atoms with van der Waals surface area (Å²) in [5.41, 5.74) is 9.72. The normalized spacial score (nSPS) is 12.2. The van der Waals surface area contributed by atoms with Gasteiger partial charge in [-0.15, -0.1) is 0 Å². The molecule has 0 saturated heterocycles. The van der Waals surface area contributed by atoms with Crippen molar-refractivity contribution in [2.24, 2.45) is 5.73 Å². The van der Waals surface area contributed by atoms with E-state index in [4.69, 9.17) is 10.5 Å². The minimum atomic E-state index is -0.106. The van der Waals surface area contributed by atoms with Crippen LogP contribution in [0.3, 0.4) is 0 Å². The first-order valence-corrected chi connectivity index (χ1v) is 6.25. The van der Waals surface area contributed by atoms with Crippen LogP contribution in [0.2, 0.25) is 0 Å². The van der Waals surface area contributed by atoms with E-state index in [1.165, 1.54) is 5.56 Å². The molecule has 0 aromatic heterocycles. The third kappa shape index (κ3) is 2.90. The van der Waals surface area contributed by atoms with Crippen molar-refractivity contribution in [2.75, 3.05) is 6.61 Å². The zero-order valence-corrected chi connectivity index (χ0v) is 10.9. The molecule has 0 aliphatic heterocycles. The number of hydrogen-bond donors (Lipinski definition) is 1. The maximum Gasteiger partial charge on any atom is 0.119 e. The van der Waals surface area contributed by atoms with Gasteiger partial charge in [0.2, 0.25) is 0 Å². The third-order valence-corrected chi connectivity index (χ3v) is 2.93. The second kappa shape index (κ2) is 5.69. The van der Waals surface area contributed by atoms with Gasteiger partial charge in [0.1, 0.15) is 5.75 Å². The van der Waals surface area contributed by atoms with Gasteiger partial charge in [0.15, 0.2) is 0 Å². The van der Waals surface area contributed by atoms with Gasteiger partial charge in [-0.2, -0.15) is 0 Å². The number of aryl methyl sites for hydroxylation is 1. The minimum absolute atomic E-state index is 0.106. The Balaban J connectivity index is 2.27. The number of benzene rings is 2. The second-order valence-corrected chi connectivity index (χ2v) is 4.40. The lowest BCUT2D eigenvalue weighted by molar-refractivity contribution is 0.340. The van der Waals surface area contributed by atoms with Crippen molar-refractivity contribution in [1.29, 1.82) is 0 Å². The Morgan fingerprint density at radius 2 is 1.72 bits per heavy atom. The predicted molar refractivity (Wildman–Crippen MR) is 74.8 cm³/mol. The van der Waals surface area contributed by atoms with Crippen LogP contribution in [-0.4, -0.2) is 6.61 Å². The Morgan fingerprint density at radius 1 is 1.06 bits per heavy atom. The predicted octanol–water partition coefficient (Wildman–Crippen LogP) is 3.44. The number of ether oxygens (including phenoxy) is 1. The zero-order chi connectivity index (χ0) is 13.0. The zero-order valence-electron chi connectivity index (χ0n) is 10.9. The van der Waals surface area contributed by atoms with Gasteiger partial charge in [-0.1, -0.05) is 42.0 Å². The van der Waals surface area contributed by atoms with Crippen molar-refractivity contribution in [2.45, 2.75) is 19.9 Å². The van der Waals surface area contributed by atoms with E-state index >= 15 is 0 Å². The van der Waals surface area contributed by atoms with Crippen molar-refractivity contribution in [3.05, 3.63) is 65.2 Å². The highest BCUT2D eigenvalue weighted by atomic mass is 16.5. The van der Waals surface area contributed by atoms with E-state index < -0.39 is 0 Å². The van der Waals surface area contributed by atoms with Gasteiger partial charge in [-0.25, -0.2) is 0 Å². The van der Waals surface area contributed by atoms with Crippen molar-refractivity contribution < 1.29 is 4.74 Å². The fourth-order valence-electron chi connectivity index (χ4n) is 2.02. The molecule has 2 heteroatoms. The van der Waals surface area contributed by atoms with E-state index in [0.717, 1.165) is 16.9 Å². The number of nitrogens with two attached hydrogens (primary N) is 1. The average molecular weight is 241 g/mol. The molecule has 2 aromatic carbocycles. The molecule has 1 unspecified atom stereocenters. The minimum Gasteiger partial charge on any atom is -0.494 e. The van der Waals surface area contributed by atoms with Gasteiger partial charge < -0.3 is 10.5 Å². The third-order valence-electron chi connectivity index (χ3n) is 2.93. The lowest BCUT2D eigenvalue weighted by Crippen LogP contribution is -2.12. The Bertz CT molecular complexity index is 522. The van der Waals surface area contributed by atoms with Gasteiger partial charge >= 0.3 is 0 Å². The van der Waals surface area contributed by atoms with Crippen LogP contribution in [0, 0.1) is 6.92 Å². The molecular formula is C16H19NO. The number of rotatable bonds is 4. The van der Waals surface area contributed by atoms with Crippen LogP contribution in [0.1, 0.15) is 29.7 Å². The first-order valence-electron chi connectivity index (χ1n) is 6.25. The summed E-state index contributed by atoms with van der Waals surface area (Å²) in [6.45, 7) is 4.73. The fraction of sp³-hybridized carbons (Fsp3) is 0.250. The van der Waals surface area contributed by atoms with E-state index in [1.54, 1.807) is 0 Å². The molecule has 0 fully saturated rings. The van der Waals surface area contributed by atoms with E-state index in [2.05, 4.69) is 25.1 Å². The van der Waals surface area contributed by atoms with E-state index in [1.807, 2.05) is 37.3 Å². The molecule has 2 N–H and O–H groups in total. The van der Waals surface area contributed by atoms with Crippen LogP contribution >= 0.6 is 0 Å². The lowest BCUT2D eigenvalue weighted by Gasteiger charge is -2.14. The molecule has 2 rings (SSSR count). The van der Waals surface area contributed by atoms with Gasteiger partial charge in [0, 0.05) is 0 Å². The lowest BCUT2D eigenvalue weighted by atomic mass is 9.98. The molecule has 1 atom stereocenters. The number of hydrogen-bond acceptors (Lipinski definition) is 2. The Morgan fingerprint density at radius 3 is 2.39 bits per heavy atom. The molecule has 0 radical (unpaired) electrons.